The van der Waals surface area contributed by atoms with E-state index in [1.807, 2.05) is 24.3 Å². The molecule has 2 nitrogen and oxygen atoms in total. The zero-order valence-corrected chi connectivity index (χ0v) is 10.3. The van der Waals surface area contributed by atoms with Gasteiger partial charge in [0.25, 0.3) is 0 Å². The number of benzene rings is 1. The Bertz CT molecular complexity index is 361. The number of hydrogen-bond acceptors (Lipinski definition) is 2. The molecule has 88 valence electrons. The van der Waals surface area contributed by atoms with E-state index in [2.05, 4.69) is 6.92 Å². The molecule has 0 amide bonds. The van der Waals surface area contributed by atoms with Crippen LogP contribution in [0.5, 0.6) is 0 Å². The summed E-state index contributed by atoms with van der Waals surface area (Å²) in [6, 6.07) is 7.59. The lowest BCUT2D eigenvalue weighted by atomic mass is 9.85. The SMILES string of the molecule is CC1(C(N)c2ccccc2Cl)CCCCO1. The van der Waals surface area contributed by atoms with E-state index < -0.39 is 0 Å². The van der Waals surface area contributed by atoms with Crippen LogP contribution in [0.15, 0.2) is 24.3 Å². The Morgan fingerprint density at radius 1 is 1.38 bits per heavy atom. The summed E-state index contributed by atoms with van der Waals surface area (Å²) in [6.07, 6.45) is 3.30. The van der Waals surface area contributed by atoms with Crippen LogP contribution in [0.3, 0.4) is 0 Å². The molecule has 1 aliphatic rings. The minimum Gasteiger partial charge on any atom is -0.373 e. The fourth-order valence-electron chi connectivity index (χ4n) is 2.26. The zero-order chi connectivity index (χ0) is 11.6. The largest absolute Gasteiger partial charge is 0.373 e. The molecule has 0 spiro atoms. The highest BCUT2D eigenvalue weighted by molar-refractivity contribution is 6.31. The van der Waals surface area contributed by atoms with Gasteiger partial charge in [-0.15, -0.1) is 0 Å². The van der Waals surface area contributed by atoms with Gasteiger partial charge < -0.3 is 10.5 Å². The van der Waals surface area contributed by atoms with E-state index in [9.17, 15) is 0 Å². The Kier molecular flexibility index (Phi) is 3.53. The van der Waals surface area contributed by atoms with Crippen LogP contribution in [-0.4, -0.2) is 12.2 Å². The second kappa shape index (κ2) is 4.74. The molecule has 0 aromatic heterocycles. The van der Waals surface area contributed by atoms with Crippen molar-refractivity contribution in [3.63, 3.8) is 0 Å². The fourth-order valence-corrected chi connectivity index (χ4v) is 2.51. The molecule has 0 radical (unpaired) electrons. The summed E-state index contributed by atoms with van der Waals surface area (Å²) in [5.41, 5.74) is 7.00. The van der Waals surface area contributed by atoms with Gasteiger partial charge in [-0.1, -0.05) is 29.8 Å². The van der Waals surface area contributed by atoms with Crippen LogP contribution in [0.4, 0.5) is 0 Å². The van der Waals surface area contributed by atoms with Gasteiger partial charge in [0.2, 0.25) is 0 Å². The minimum absolute atomic E-state index is 0.151. The summed E-state index contributed by atoms with van der Waals surface area (Å²) in [5, 5.41) is 0.727. The molecule has 2 N–H and O–H groups in total. The monoisotopic (exact) mass is 239 g/mol. The molecule has 0 aliphatic carbocycles. The van der Waals surface area contributed by atoms with Crippen LogP contribution in [0.25, 0.3) is 0 Å². The molecule has 3 heteroatoms. The zero-order valence-electron chi connectivity index (χ0n) is 9.58. The quantitative estimate of drug-likeness (QED) is 0.860. The van der Waals surface area contributed by atoms with E-state index in [1.165, 1.54) is 6.42 Å². The minimum atomic E-state index is -0.275. The van der Waals surface area contributed by atoms with Gasteiger partial charge in [-0.25, -0.2) is 0 Å². The maximum absolute atomic E-state index is 6.30. The Labute approximate surface area is 102 Å². The molecule has 1 heterocycles. The third kappa shape index (κ3) is 2.24. The summed E-state index contributed by atoms with van der Waals surface area (Å²) in [5.74, 6) is 0. The number of halogens is 1. The highest BCUT2D eigenvalue weighted by Gasteiger charge is 2.36. The molecule has 1 aliphatic heterocycles. The summed E-state index contributed by atoms with van der Waals surface area (Å²) in [7, 11) is 0. The van der Waals surface area contributed by atoms with Gasteiger partial charge in [0.15, 0.2) is 0 Å². The molecule has 16 heavy (non-hydrogen) atoms. The van der Waals surface area contributed by atoms with Gasteiger partial charge in [-0.3, -0.25) is 0 Å². The van der Waals surface area contributed by atoms with Gasteiger partial charge in [-0.05, 0) is 37.8 Å². The molecule has 1 aromatic rings. The van der Waals surface area contributed by atoms with Gasteiger partial charge in [0, 0.05) is 11.6 Å². The summed E-state index contributed by atoms with van der Waals surface area (Å²) in [6.45, 7) is 2.88. The predicted molar refractivity (Wildman–Crippen MR) is 66.6 cm³/mol. The van der Waals surface area contributed by atoms with Crippen LogP contribution in [0.1, 0.15) is 37.8 Å². The number of rotatable bonds is 2. The van der Waals surface area contributed by atoms with Crippen LogP contribution in [-0.2, 0) is 4.74 Å². The Morgan fingerprint density at radius 3 is 2.75 bits per heavy atom. The fraction of sp³-hybridized carbons (Fsp3) is 0.538. The molecular weight excluding hydrogens is 222 g/mol. The lowest BCUT2D eigenvalue weighted by Gasteiger charge is -2.39. The molecular formula is C13H18ClNO. The molecule has 0 bridgehead atoms. The van der Waals surface area contributed by atoms with Crippen molar-refractivity contribution in [3.05, 3.63) is 34.9 Å². The van der Waals surface area contributed by atoms with Gasteiger partial charge in [0.1, 0.15) is 0 Å². The maximum Gasteiger partial charge on any atom is 0.0846 e. The predicted octanol–water partition coefficient (Wildman–Crippen LogP) is 3.30. The molecule has 2 unspecified atom stereocenters. The molecule has 1 saturated heterocycles. The van der Waals surface area contributed by atoms with E-state index in [4.69, 9.17) is 22.1 Å². The molecule has 2 atom stereocenters. The van der Waals surface area contributed by atoms with Crippen LogP contribution >= 0.6 is 11.6 Å². The van der Waals surface area contributed by atoms with E-state index in [0.29, 0.717) is 0 Å². The summed E-state index contributed by atoms with van der Waals surface area (Å²) in [4.78, 5) is 0. The van der Waals surface area contributed by atoms with Crippen molar-refractivity contribution >= 4 is 11.6 Å². The Hall–Kier alpha value is -0.570. The Balaban J connectivity index is 2.24. The van der Waals surface area contributed by atoms with Crippen molar-refractivity contribution < 1.29 is 4.74 Å². The van der Waals surface area contributed by atoms with Crippen LogP contribution in [0, 0.1) is 0 Å². The van der Waals surface area contributed by atoms with Gasteiger partial charge >= 0.3 is 0 Å². The molecule has 0 saturated carbocycles. The maximum atomic E-state index is 6.30. The first-order chi connectivity index (χ1) is 7.63. The summed E-state index contributed by atoms with van der Waals surface area (Å²) >= 11 is 6.16. The third-order valence-electron chi connectivity index (χ3n) is 3.40. The third-order valence-corrected chi connectivity index (χ3v) is 3.74. The normalized spacial score (nSPS) is 27.7. The topological polar surface area (TPSA) is 35.2 Å². The van der Waals surface area contributed by atoms with E-state index in [-0.39, 0.29) is 11.6 Å². The molecule has 1 fully saturated rings. The van der Waals surface area contributed by atoms with Gasteiger partial charge in [-0.2, -0.15) is 0 Å². The van der Waals surface area contributed by atoms with Gasteiger partial charge in [0.05, 0.1) is 11.6 Å². The smallest absolute Gasteiger partial charge is 0.0846 e. The number of nitrogens with two attached hydrogens (primary N) is 1. The van der Waals surface area contributed by atoms with E-state index in [0.717, 1.165) is 30.0 Å². The molecule has 1 aromatic carbocycles. The van der Waals surface area contributed by atoms with E-state index in [1.54, 1.807) is 0 Å². The molecule has 2 rings (SSSR count). The van der Waals surface area contributed by atoms with Crippen molar-refractivity contribution in [2.24, 2.45) is 5.73 Å². The first kappa shape index (κ1) is 11.9. The van der Waals surface area contributed by atoms with Crippen molar-refractivity contribution in [2.45, 2.75) is 37.8 Å². The summed E-state index contributed by atoms with van der Waals surface area (Å²) < 4.78 is 5.85. The first-order valence-corrected chi connectivity index (χ1v) is 6.15. The lowest BCUT2D eigenvalue weighted by Crippen LogP contribution is -2.43. The number of hydrogen-bond donors (Lipinski definition) is 1. The van der Waals surface area contributed by atoms with Crippen molar-refractivity contribution in [1.82, 2.24) is 0 Å². The van der Waals surface area contributed by atoms with Crippen molar-refractivity contribution in [3.8, 4) is 0 Å². The van der Waals surface area contributed by atoms with Crippen LogP contribution in [0.2, 0.25) is 5.02 Å². The lowest BCUT2D eigenvalue weighted by molar-refractivity contribution is -0.0820. The van der Waals surface area contributed by atoms with Crippen molar-refractivity contribution in [2.75, 3.05) is 6.61 Å². The van der Waals surface area contributed by atoms with E-state index >= 15 is 0 Å². The number of ether oxygens (including phenoxy) is 1. The van der Waals surface area contributed by atoms with Crippen molar-refractivity contribution in [1.29, 1.82) is 0 Å². The highest BCUT2D eigenvalue weighted by Crippen LogP contribution is 2.37. The Morgan fingerprint density at radius 2 is 2.12 bits per heavy atom. The van der Waals surface area contributed by atoms with Crippen LogP contribution < -0.4 is 5.73 Å². The standard InChI is InChI=1S/C13H18ClNO/c1-13(8-4-5-9-16-13)12(15)10-6-2-3-7-11(10)14/h2-3,6-7,12H,4-5,8-9,15H2,1H3. The highest BCUT2D eigenvalue weighted by atomic mass is 35.5. The average Bonchev–Trinajstić information content (AvgIpc) is 2.30. The average molecular weight is 240 g/mol. The second-order valence-electron chi connectivity index (χ2n) is 4.62. The first-order valence-electron chi connectivity index (χ1n) is 5.77. The second-order valence-corrected chi connectivity index (χ2v) is 5.02.